The van der Waals surface area contributed by atoms with Gasteiger partial charge in [0.1, 0.15) is 12.4 Å². The molecule has 130 valence electrons. The van der Waals surface area contributed by atoms with E-state index in [1.165, 1.54) is 6.07 Å². The number of nitrogens with one attached hydrogen (secondary N) is 1. The van der Waals surface area contributed by atoms with Crippen LogP contribution in [0, 0.1) is 0 Å². The van der Waals surface area contributed by atoms with Crippen molar-refractivity contribution in [2.45, 2.75) is 26.4 Å². The molecule has 0 aliphatic heterocycles. The highest BCUT2D eigenvalue weighted by Gasteiger charge is 2.16. The first-order valence-corrected chi connectivity index (χ1v) is 8.37. The Morgan fingerprint density at radius 2 is 1.84 bits per heavy atom. The van der Waals surface area contributed by atoms with Crippen molar-refractivity contribution in [2.75, 3.05) is 6.61 Å². The second kappa shape index (κ2) is 7.75. The van der Waals surface area contributed by atoms with Gasteiger partial charge in [-0.15, -0.1) is 0 Å². The van der Waals surface area contributed by atoms with Crippen molar-refractivity contribution in [3.05, 3.63) is 64.4 Å². The lowest BCUT2D eigenvalue weighted by Crippen LogP contribution is -2.14. The fourth-order valence-electron chi connectivity index (χ4n) is 2.56. The number of unbranched alkanes of at least 4 members (excludes halogenated alkanes) is 1. The van der Waals surface area contributed by atoms with Crippen molar-refractivity contribution in [3.63, 3.8) is 0 Å². The standard InChI is InChI=1S/C20H21NO4/c1-2-3-11-24-18-16-10-9-15(22)12-17(16)21-20(23)19(18)25-13-14-7-5-4-6-8-14/h4-10,12,22H,2-3,11,13H2,1H3,(H,21,23). The van der Waals surface area contributed by atoms with E-state index in [0.29, 0.717) is 23.3 Å². The second-order valence-electron chi connectivity index (χ2n) is 5.82. The molecule has 25 heavy (non-hydrogen) atoms. The van der Waals surface area contributed by atoms with Crippen LogP contribution in [0.5, 0.6) is 17.2 Å². The van der Waals surface area contributed by atoms with Gasteiger partial charge in [-0.25, -0.2) is 0 Å². The van der Waals surface area contributed by atoms with Gasteiger partial charge in [0.05, 0.1) is 12.1 Å². The van der Waals surface area contributed by atoms with Crippen LogP contribution < -0.4 is 15.0 Å². The number of aromatic nitrogens is 1. The Balaban J connectivity index is 1.99. The third kappa shape index (κ3) is 3.94. The summed E-state index contributed by atoms with van der Waals surface area (Å²) in [7, 11) is 0. The van der Waals surface area contributed by atoms with Crippen LogP contribution in [0.3, 0.4) is 0 Å². The fraction of sp³-hybridized carbons (Fsp3) is 0.250. The van der Waals surface area contributed by atoms with Crippen LogP contribution in [0.4, 0.5) is 0 Å². The Labute approximate surface area is 145 Å². The van der Waals surface area contributed by atoms with Crippen molar-refractivity contribution >= 4 is 10.9 Å². The highest BCUT2D eigenvalue weighted by molar-refractivity contribution is 5.88. The molecule has 0 radical (unpaired) electrons. The number of ether oxygens (including phenoxy) is 2. The second-order valence-corrected chi connectivity index (χ2v) is 5.82. The summed E-state index contributed by atoms with van der Waals surface area (Å²) >= 11 is 0. The van der Waals surface area contributed by atoms with Gasteiger partial charge in [0.2, 0.25) is 5.75 Å². The zero-order chi connectivity index (χ0) is 17.6. The average Bonchev–Trinajstić information content (AvgIpc) is 2.61. The van der Waals surface area contributed by atoms with Crippen molar-refractivity contribution in [2.24, 2.45) is 0 Å². The van der Waals surface area contributed by atoms with E-state index in [1.54, 1.807) is 12.1 Å². The van der Waals surface area contributed by atoms with E-state index < -0.39 is 0 Å². The molecule has 0 atom stereocenters. The van der Waals surface area contributed by atoms with E-state index in [9.17, 15) is 9.90 Å². The molecule has 1 aromatic heterocycles. The molecule has 0 amide bonds. The molecule has 0 aliphatic rings. The molecule has 0 unspecified atom stereocenters. The van der Waals surface area contributed by atoms with Gasteiger partial charge in [-0.3, -0.25) is 4.79 Å². The van der Waals surface area contributed by atoms with Crippen LogP contribution in [-0.4, -0.2) is 16.7 Å². The number of hydrogen-bond donors (Lipinski definition) is 2. The quantitative estimate of drug-likeness (QED) is 0.639. The summed E-state index contributed by atoms with van der Waals surface area (Å²) in [6.45, 7) is 2.85. The number of phenols is 1. The van der Waals surface area contributed by atoms with Crippen molar-refractivity contribution in [3.8, 4) is 17.2 Å². The zero-order valence-corrected chi connectivity index (χ0v) is 14.1. The summed E-state index contributed by atoms with van der Waals surface area (Å²) in [6, 6.07) is 14.4. The maximum absolute atomic E-state index is 12.5. The van der Waals surface area contributed by atoms with Gasteiger partial charge in [0, 0.05) is 11.5 Å². The van der Waals surface area contributed by atoms with Gasteiger partial charge < -0.3 is 19.6 Å². The molecule has 0 fully saturated rings. The van der Waals surface area contributed by atoms with Gasteiger partial charge in [0.15, 0.2) is 5.75 Å². The van der Waals surface area contributed by atoms with E-state index in [2.05, 4.69) is 11.9 Å². The summed E-state index contributed by atoms with van der Waals surface area (Å²) in [6.07, 6.45) is 1.87. The molecule has 5 heteroatoms. The summed E-state index contributed by atoms with van der Waals surface area (Å²) in [4.78, 5) is 15.2. The summed E-state index contributed by atoms with van der Waals surface area (Å²) in [5.41, 5.74) is 1.11. The third-order valence-corrected chi connectivity index (χ3v) is 3.88. The predicted molar refractivity (Wildman–Crippen MR) is 97.4 cm³/mol. The molecule has 0 spiro atoms. The normalized spacial score (nSPS) is 10.8. The van der Waals surface area contributed by atoms with Crippen molar-refractivity contribution in [1.82, 2.24) is 4.98 Å². The first kappa shape index (κ1) is 16.9. The highest BCUT2D eigenvalue weighted by Crippen LogP contribution is 2.33. The van der Waals surface area contributed by atoms with Crippen molar-refractivity contribution in [1.29, 1.82) is 0 Å². The van der Waals surface area contributed by atoms with E-state index in [4.69, 9.17) is 9.47 Å². The van der Waals surface area contributed by atoms with E-state index in [1.807, 2.05) is 30.3 Å². The van der Waals surface area contributed by atoms with E-state index in [-0.39, 0.29) is 23.7 Å². The Bertz CT molecular complexity index is 903. The number of rotatable bonds is 7. The molecular weight excluding hydrogens is 318 g/mol. The number of hydrogen-bond acceptors (Lipinski definition) is 4. The molecule has 0 saturated heterocycles. The molecule has 1 heterocycles. The van der Waals surface area contributed by atoms with Crippen molar-refractivity contribution < 1.29 is 14.6 Å². The summed E-state index contributed by atoms with van der Waals surface area (Å²) in [5, 5.41) is 10.4. The molecule has 0 aliphatic carbocycles. The fourth-order valence-corrected chi connectivity index (χ4v) is 2.56. The molecule has 3 rings (SSSR count). The average molecular weight is 339 g/mol. The number of aromatic hydroxyl groups is 1. The minimum Gasteiger partial charge on any atom is -0.508 e. The smallest absolute Gasteiger partial charge is 0.294 e. The lowest BCUT2D eigenvalue weighted by Gasteiger charge is -2.14. The monoisotopic (exact) mass is 339 g/mol. The minimum atomic E-state index is -0.375. The number of H-pyrrole nitrogens is 1. The zero-order valence-electron chi connectivity index (χ0n) is 14.1. The maximum Gasteiger partial charge on any atom is 0.294 e. The summed E-state index contributed by atoms with van der Waals surface area (Å²) in [5.74, 6) is 0.668. The Kier molecular flexibility index (Phi) is 5.23. The van der Waals surface area contributed by atoms with Gasteiger partial charge in [-0.05, 0) is 24.1 Å². The number of phenolic OH excluding ortho intramolecular Hbond substituents is 1. The maximum atomic E-state index is 12.5. The van der Waals surface area contributed by atoms with Crippen LogP contribution in [0.1, 0.15) is 25.3 Å². The topological polar surface area (TPSA) is 71.5 Å². The van der Waals surface area contributed by atoms with E-state index in [0.717, 1.165) is 18.4 Å². The molecule has 2 N–H and O–H groups in total. The van der Waals surface area contributed by atoms with Gasteiger partial charge in [0.25, 0.3) is 5.56 Å². The minimum absolute atomic E-state index is 0.0839. The van der Waals surface area contributed by atoms with Crippen LogP contribution in [0.2, 0.25) is 0 Å². The molecular formula is C20H21NO4. The van der Waals surface area contributed by atoms with E-state index >= 15 is 0 Å². The Hall–Kier alpha value is -2.95. The molecule has 5 nitrogen and oxygen atoms in total. The van der Waals surface area contributed by atoms with Crippen LogP contribution in [0.15, 0.2) is 53.3 Å². The van der Waals surface area contributed by atoms with Gasteiger partial charge in [-0.1, -0.05) is 43.7 Å². The Morgan fingerprint density at radius 1 is 1.04 bits per heavy atom. The lowest BCUT2D eigenvalue weighted by molar-refractivity contribution is 0.258. The number of benzene rings is 2. The first-order valence-electron chi connectivity index (χ1n) is 8.37. The largest absolute Gasteiger partial charge is 0.508 e. The lowest BCUT2D eigenvalue weighted by atomic mass is 10.2. The third-order valence-electron chi connectivity index (χ3n) is 3.88. The molecule has 0 bridgehead atoms. The van der Waals surface area contributed by atoms with Crippen LogP contribution >= 0.6 is 0 Å². The number of aromatic amines is 1. The first-order chi connectivity index (χ1) is 12.2. The SMILES string of the molecule is CCCCOc1c(OCc2ccccc2)c(=O)[nH]c2cc(O)ccc12. The van der Waals surface area contributed by atoms with Gasteiger partial charge in [-0.2, -0.15) is 0 Å². The predicted octanol–water partition coefficient (Wildman–Crippen LogP) is 3.99. The molecule has 0 saturated carbocycles. The number of fused-ring (bicyclic) bond motifs is 1. The molecule has 2 aromatic carbocycles. The Morgan fingerprint density at radius 3 is 2.60 bits per heavy atom. The number of pyridine rings is 1. The summed E-state index contributed by atoms with van der Waals surface area (Å²) < 4.78 is 11.7. The molecule has 3 aromatic rings. The van der Waals surface area contributed by atoms with Crippen LogP contribution in [-0.2, 0) is 6.61 Å². The van der Waals surface area contributed by atoms with Gasteiger partial charge >= 0.3 is 0 Å². The van der Waals surface area contributed by atoms with Crippen LogP contribution in [0.25, 0.3) is 10.9 Å². The highest BCUT2D eigenvalue weighted by atomic mass is 16.5.